The molecule has 0 N–H and O–H groups in total. The van der Waals surface area contributed by atoms with Gasteiger partial charge in [0.05, 0.1) is 6.54 Å². The van der Waals surface area contributed by atoms with E-state index in [-0.39, 0.29) is 24.0 Å². The van der Waals surface area contributed by atoms with Crippen molar-refractivity contribution in [3.05, 3.63) is 107 Å². The average molecular weight is 473 g/mol. The molecule has 5 nitrogen and oxygen atoms in total. The van der Waals surface area contributed by atoms with Crippen LogP contribution in [0.3, 0.4) is 0 Å². The van der Waals surface area contributed by atoms with E-state index in [2.05, 4.69) is 0 Å². The van der Waals surface area contributed by atoms with Gasteiger partial charge in [-0.15, -0.1) is 0 Å². The molecule has 0 radical (unpaired) electrons. The lowest BCUT2D eigenvalue weighted by Crippen LogP contribution is -2.52. The summed E-state index contributed by atoms with van der Waals surface area (Å²) in [6, 6.07) is 24.1. The molecule has 0 saturated carbocycles. The van der Waals surface area contributed by atoms with Crippen molar-refractivity contribution >= 4 is 17.5 Å². The van der Waals surface area contributed by atoms with E-state index >= 15 is 0 Å². The summed E-state index contributed by atoms with van der Waals surface area (Å²) in [5.74, 6) is -2.53. The van der Waals surface area contributed by atoms with Crippen molar-refractivity contribution in [2.75, 3.05) is 33.7 Å². The average Bonchev–Trinajstić information content (AvgIpc) is 2.88. The van der Waals surface area contributed by atoms with Gasteiger partial charge in [-0.3, -0.25) is 19.3 Å². The Morgan fingerprint density at radius 1 is 0.800 bits per heavy atom. The number of piperidine rings is 1. The minimum Gasteiger partial charge on any atom is -0.348 e. The first-order chi connectivity index (χ1) is 16.8. The van der Waals surface area contributed by atoms with Gasteiger partial charge in [-0.1, -0.05) is 72.8 Å². The van der Waals surface area contributed by atoms with E-state index in [4.69, 9.17) is 0 Å². The molecule has 0 bridgehead atoms. The van der Waals surface area contributed by atoms with Crippen LogP contribution in [0.2, 0.25) is 0 Å². The van der Waals surface area contributed by atoms with Crippen molar-refractivity contribution in [3.8, 4) is 0 Å². The van der Waals surface area contributed by atoms with Crippen LogP contribution >= 0.6 is 0 Å². The van der Waals surface area contributed by atoms with Gasteiger partial charge in [-0.05, 0) is 17.7 Å². The number of ketones is 2. The molecule has 3 aromatic carbocycles. The first-order valence-corrected chi connectivity index (χ1v) is 11.7. The van der Waals surface area contributed by atoms with Crippen LogP contribution < -0.4 is 0 Å². The van der Waals surface area contributed by atoms with Gasteiger partial charge in [-0.25, -0.2) is 4.39 Å². The molecule has 1 amide bonds. The van der Waals surface area contributed by atoms with Gasteiger partial charge in [0.15, 0.2) is 11.6 Å². The van der Waals surface area contributed by atoms with Gasteiger partial charge < -0.3 is 4.90 Å². The van der Waals surface area contributed by atoms with E-state index in [0.29, 0.717) is 29.8 Å². The molecule has 6 heteroatoms. The molecular formula is C29H29FN2O3. The summed E-state index contributed by atoms with van der Waals surface area (Å²) >= 11 is 0. The van der Waals surface area contributed by atoms with Gasteiger partial charge in [0, 0.05) is 56.1 Å². The van der Waals surface area contributed by atoms with Gasteiger partial charge in [0.2, 0.25) is 5.91 Å². The Morgan fingerprint density at radius 3 is 1.77 bits per heavy atom. The van der Waals surface area contributed by atoms with Gasteiger partial charge in [0.25, 0.3) is 0 Å². The Labute approximate surface area is 205 Å². The number of carbonyl (C=O) groups excluding carboxylic acids is 3. The standard InChI is InChI=1S/C29H29FN2O3/c1-31(2)26(33)19-32-17-24(28(34)20-10-5-3-6-11-20)27(22-14-9-15-23(30)16-22)25(18-32)29(35)21-12-7-4-8-13-21/h3-16,24-25,27H,17-19H2,1-2H3/t24-,25-/m0/s1. The summed E-state index contributed by atoms with van der Waals surface area (Å²) in [5, 5.41) is 0. The van der Waals surface area contributed by atoms with Crippen LogP contribution in [-0.4, -0.2) is 61.0 Å². The van der Waals surface area contributed by atoms with Crippen LogP contribution in [0.4, 0.5) is 4.39 Å². The third-order valence-electron chi connectivity index (χ3n) is 6.66. The summed E-state index contributed by atoms with van der Waals surface area (Å²) in [6.07, 6.45) is 0. The quantitative estimate of drug-likeness (QED) is 0.481. The molecule has 1 fully saturated rings. The molecule has 0 unspecified atom stereocenters. The molecule has 1 heterocycles. The van der Waals surface area contributed by atoms with E-state index in [0.717, 1.165) is 0 Å². The molecule has 1 aliphatic heterocycles. The first-order valence-electron chi connectivity index (χ1n) is 11.7. The van der Waals surface area contributed by atoms with Crippen LogP contribution in [0.15, 0.2) is 84.9 Å². The highest BCUT2D eigenvalue weighted by Gasteiger charge is 2.45. The fourth-order valence-electron chi connectivity index (χ4n) is 4.90. The Hall–Kier alpha value is -3.64. The molecule has 0 aromatic heterocycles. The van der Waals surface area contributed by atoms with Crippen molar-refractivity contribution in [1.29, 1.82) is 0 Å². The maximum atomic E-state index is 14.3. The highest BCUT2D eigenvalue weighted by molar-refractivity contribution is 6.02. The number of carbonyl (C=O) groups is 3. The minimum atomic E-state index is -0.624. The number of halogens is 1. The van der Waals surface area contributed by atoms with Crippen LogP contribution in [0.25, 0.3) is 0 Å². The van der Waals surface area contributed by atoms with Crippen LogP contribution in [0.1, 0.15) is 32.2 Å². The maximum absolute atomic E-state index is 14.3. The second-order valence-corrected chi connectivity index (χ2v) is 9.24. The van der Waals surface area contributed by atoms with Gasteiger partial charge in [0.1, 0.15) is 5.82 Å². The number of likely N-dealkylation sites (tertiary alicyclic amines) is 1. The maximum Gasteiger partial charge on any atom is 0.236 e. The zero-order chi connectivity index (χ0) is 24.9. The third kappa shape index (κ3) is 5.54. The van der Waals surface area contributed by atoms with Gasteiger partial charge in [-0.2, -0.15) is 0 Å². The molecule has 1 aliphatic rings. The number of nitrogens with zero attached hydrogens (tertiary/aromatic N) is 2. The number of likely N-dealkylation sites (N-methyl/N-ethyl adjacent to an activating group) is 1. The summed E-state index contributed by atoms with van der Waals surface area (Å²) in [7, 11) is 3.36. The fourth-order valence-corrected chi connectivity index (χ4v) is 4.90. The lowest BCUT2D eigenvalue weighted by atomic mass is 9.68. The monoisotopic (exact) mass is 472 g/mol. The molecule has 1 saturated heterocycles. The van der Waals surface area contributed by atoms with Crippen molar-refractivity contribution in [3.63, 3.8) is 0 Å². The number of benzene rings is 3. The van der Waals surface area contributed by atoms with Crippen molar-refractivity contribution < 1.29 is 18.8 Å². The molecule has 180 valence electrons. The lowest BCUT2D eigenvalue weighted by Gasteiger charge is -2.43. The summed E-state index contributed by atoms with van der Waals surface area (Å²) in [6.45, 7) is 0.695. The van der Waals surface area contributed by atoms with E-state index < -0.39 is 23.6 Å². The fraction of sp³-hybridized carbons (Fsp3) is 0.276. The number of amides is 1. The predicted octanol–water partition coefficient (Wildman–Crippen LogP) is 4.31. The van der Waals surface area contributed by atoms with Crippen molar-refractivity contribution in [1.82, 2.24) is 9.80 Å². The molecule has 4 rings (SSSR count). The zero-order valence-electron chi connectivity index (χ0n) is 19.9. The topological polar surface area (TPSA) is 57.7 Å². The molecule has 35 heavy (non-hydrogen) atoms. The SMILES string of the molecule is CN(C)C(=O)CN1C[C@H](C(=O)c2ccccc2)C(c2cccc(F)c2)[C@@H](C(=O)c2ccccc2)C1. The first kappa shape index (κ1) is 24.5. The third-order valence-corrected chi connectivity index (χ3v) is 6.66. The lowest BCUT2D eigenvalue weighted by molar-refractivity contribution is -0.130. The number of hydrogen-bond donors (Lipinski definition) is 0. The Morgan fingerprint density at radius 2 is 1.31 bits per heavy atom. The Bertz CT molecular complexity index is 1140. The largest absolute Gasteiger partial charge is 0.348 e. The number of rotatable bonds is 7. The van der Waals surface area contributed by atoms with Crippen LogP contribution in [-0.2, 0) is 4.79 Å². The highest BCUT2D eigenvalue weighted by atomic mass is 19.1. The zero-order valence-corrected chi connectivity index (χ0v) is 19.9. The number of hydrogen-bond acceptors (Lipinski definition) is 4. The number of Topliss-reactive ketones (excluding diaryl/α,β-unsaturated/α-hetero) is 2. The molecule has 0 aliphatic carbocycles. The molecule has 2 atom stereocenters. The van der Waals surface area contributed by atoms with Crippen molar-refractivity contribution in [2.45, 2.75) is 5.92 Å². The normalized spacial score (nSPS) is 18.7. The van der Waals surface area contributed by atoms with Crippen LogP contribution in [0.5, 0.6) is 0 Å². The van der Waals surface area contributed by atoms with Crippen LogP contribution in [0, 0.1) is 17.7 Å². The molecular weight excluding hydrogens is 443 g/mol. The molecule has 0 spiro atoms. The molecule has 3 aromatic rings. The van der Waals surface area contributed by atoms with E-state index in [9.17, 15) is 18.8 Å². The van der Waals surface area contributed by atoms with E-state index in [1.807, 2.05) is 17.0 Å². The highest BCUT2D eigenvalue weighted by Crippen LogP contribution is 2.41. The Balaban J connectivity index is 1.81. The second-order valence-electron chi connectivity index (χ2n) is 9.24. The predicted molar refractivity (Wildman–Crippen MR) is 133 cm³/mol. The summed E-state index contributed by atoms with van der Waals surface area (Å²) in [5.41, 5.74) is 1.68. The summed E-state index contributed by atoms with van der Waals surface area (Å²) in [4.78, 5) is 43.6. The Kier molecular flexibility index (Phi) is 7.51. The van der Waals surface area contributed by atoms with Gasteiger partial charge >= 0.3 is 0 Å². The second kappa shape index (κ2) is 10.7. The summed E-state index contributed by atoms with van der Waals surface area (Å²) < 4.78 is 14.3. The van der Waals surface area contributed by atoms with E-state index in [1.54, 1.807) is 74.8 Å². The smallest absolute Gasteiger partial charge is 0.236 e. The van der Waals surface area contributed by atoms with E-state index in [1.165, 1.54) is 17.0 Å². The minimum absolute atomic E-state index is 0.0972. The van der Waals surface area contributed by atoms with Crippen molar-refractivity contribution in [2.24, 2.45) is 11.8 Å².